The predicted octanol–water partition coefficient (Wildman–Crippen LogP) is 0.817. The van der Waals surface area contributed by atoms with Gasteiger partial charge in [-0.25, -0.2) is 0 Å². The van der Waals surface area contributed by atoms with Crippen molar-refractivity contribution in [1.29, 1.82) is 5.26 Å². The molecule has 0 saturated carbocycles. The topological polar surface area (TPSA) is 73.5 Å². The Morgan fingerprint density at radius 1 is 1.11 bits per heavy atom. The molecule has 0 aliphatic carbocycles. The van der Waals surface area contributed by atoms with Crippen LogP contribution in [0.25, 0.3) is 0 Å². The number of nitrogens with zero attached hydrogens (tertiary/aromatic N) is 1. The lowest BCUT2D eigenvalue weighted by atomic mass is 9.79. The highest BCUT2D eigenvalue weighted by Gasteiger charge is 2.17. The molecule has 0 bridgehead atoms. The van der Waals surface area contributed by atoms with Crippen molar-refractivity contribution in [1.82, 2.24) is 0 Å². The summed E-state index contributed by atoms with van der Waals surface area (Å²) in [5.41, 5.74) is 1.62. The molecule has 0 radical (unpaired) electrons. The Morgan fingerprint density at radius 2 is 1.84 bits per heavy atom. The third-order valence-electron chi connectivity index (χ3n) is 2.66. The summed E-state index contributed by atoms with van der Waals surface area (Å²) in [5.74, 6) is 0.304. The first kappa shape index (κ1) is 13.2. The van der Waals surface area contributed by atoms with Crippen LogP contribution in [0.2, 0.25) is 0 Å². The van der Waals surface area contributed by atoms with Crippen LogP contribution in [0.1, 0.15) is 11.1 Å². The van der Waals surface area contributed by atoms with Crippen molar-refractivity contribution in [2.24, 2.45) is 0 Å². The number of hydrogen-bond donors (Lipinski definition) is 2. The molecule has 94 valence electrons. The molecule has 19 heavy (non-hydrogen) atoms. The number of ether oxygens (including phenoxy) is 1. The van der Waals surface area contributed by atoms with Crippen molar-refractivity contribution in [2.45, 2.75) is 6.61 Å². The average Bonchev–Trinajstić information content (AvgIpc) is 2.45. The highest BCUT2D eigenvalue weighted by atomic mass is 16.5. The quantitative estimate of drug-likeness (QED) is 0.791. The van der Waals surface area contributed by atoms with Crippen LogP contribution in [0.3, 0.4) is 0 Å². The molecular weight excluding hydrogens is 241 g/mol. The molecule has 0 spiro atoms. The smallest absolute Gasteiger partial charge is 0.489 e. The predicted molar refractivity (Wildman–Crippen MR) is 71.8 cm³/mol. The normalized spacial score (nSPS) is 9.74. The molecule has 0 saturated heterocycles. The molecule has 0 heterocycles. The summed E-state index contributed by atoms with van der Waals surface area (Å²) in [6, 6.07) is 16.0. The Bertz CT molecular complexity index is 593. The first-order valence-corrected chi connectivity index (χ1v) is 5.77. The summed E-state index contributed by atoms with van der Waals surface area (Å²) >= 11 is 0. The maximum absolute atomic E-state index is 9.26. The van der Waals surface area contributed by atoms with Gasteiger partial charge in [0.15, 0.2) is 0 Å². The Balaban J connectivity index is 2.21. The summed E-state index contributed by atoms with van der Waals surface area (Å²) in [6.07, 6.45) is 0. The molecule has 0 amide bonds. The Morgan fingerprint density at radius 3 is 2.47 bits per heavy atom. The van der Waals surface area contributed by atoms with Crippen molar-refractivity contribution in [3.63, 3.8) is 0 Å². The summed E-state index contributed by atoms with van der Waals surface area (Å²) in [5, 5.41) is 27.4. The fraction of sp³-hybridized carbons (Fsp3) is 0.0714. The van der Waals surface area contributed by atoms with Crippen LogP contribution in [0, 0.1) is 11.3 Å². The minimum atomic E-state index is -1.63. The summed E-state index contributed by atoms with van der Waals surface area (Å²) < 4.78 is 5.56. The zero-order chi connectivity index (χ0) is 13.7. The average molecular weight is 253 g/mol. The molecule has 2 aromatic carbocycles. The fourth-order valence-electron chi connectivity index (χ4n) is 1.68. The van der Waals surface area contributed by atoms with E-state index in [0.29, 0.717) is 17.9 Å². The minimum Gasteiger partial charge on any atom is -0.489 e. The van der Waals surface area contributed by atoms with Gasteiger partial charge in [0.2, 0.25) is 0 Å². The van der Waals surface area contributed by atoms with Crippen molar-refractivity contribution in [3.8, 4) is 11.8 Å². The Labute approximate surface area is 111 Å². The van der Waals surface area contributed by atoms with Gasteiger partial charge >= 0.3 is 7.12 Å². The molecule has 2 rings (SSSR count). The second kappa shape index (κ2) is 6.05. The van der Waals surface area contributed by atoms with Crippen LogP contribution < -0.4 is 10.2 Å². The number of hydrogen-bond acceptors (Lipinski definition) is 4. The number of nitriles is 1. The molecule has 0 fully saturated rings. The van der Waals surface area contributed by atoms with E-state index in [1.165, 1.54) is 18.2 Å². The van der Waals surface area contributed by atoms with E-state index in [-0.39, 0.29) is 5.46 Å². The van der Waals surface area contributed by atoms with Crippen molar-refractivity contribution < 1.29 is 14.8 Å². The van der Waals surface area contributed by atoms with E-state index in [0.717, 1.165) is 5.56 Å². The van der Waals surface area contributed by atoms with Crippen LogP contribution in [0.4, 0.5) is 0 Å². The van der Waals surface area contributed by atoms with Gasteiger partial charge in [0, 0.05) is 5.46 Å². The molecule has 0 unspecified atom stereocenters. The van der Waals surface area contributed by atoms with Crippen molar-refractivity contribution in [3.05, 3.63) is 59.7 Å². The van der Waals surface area contributed by atoms with E-state index in [1.54, 1.807) is 0 Å². The third kappa shape index (κ3) is 3.35. The summed E-state index contributed by atoms with van der Waals surface area (Å²) in [7, 11) is -1.63. The van der Waals surface area contributed by atoms with Crippen molar-refractivity contribution >= 4 is 12.6 Å². The first-order valence-electron chi connectivity index (χ1n) is 5.77. The van der Waals surface area contributed by atoms with Gasteiger partial charge in [-0.2, -0.15) is 5.26 Å². The largest absolute Gasteiger partial charge is 0.492 e. The van der Waals surface area contributed by atoms with Gasteiger partial charge in [-0.15, -0.1) is 0 Å². The molecular formula is C14H12BNO3. The van der Waals surface area contributed by atoms with E-state index in [9.17, 15) is 10.0 Å². The van der Waals surface area contributed by atoms with E-state index >= 15 is 0 Å². The highest BCUT2D eigenvalue weighted by Crippen LogP contribution is 2.13. The third-order valence-corrected chi connectivity index (χ3v) is 2.66. The minimum absolute atomic E-state index is 0.245. The van der Waals surface area contributed by atoms with E-state index in [4.69, 9.17) is 10.00 Å². The molecule has 2 aromatic rings. The van der Waals surface area contributed by atoms with Gasteiger partial charge in [0.05, 0.1) is 11.6 Å². The molecule has 0 aliphatic heterocycles. The van der Waals surface area contributed by atoms with Gasteiger partial charge in [-0.1, -0.05) is 36.4 Å². The highest BCUT2D eigenvalue weighted by molar-refractivity contribution is 6.59. The standard InChI is InChI=1S/C14H12BNO3/c16-9-12-6-7-13(15(17)18)14(8-12)19-10-11-4-2-1-3-5-11/h1-8,17-18H,10H2. The lowest BCUT2D eigenvalue weighted by molar-refractivity contribution is 0.306. The van der Waals surface area contributed by atoms with E-state index < -0.39 is 7.12 Å². The monoisotopic (exact) mass is 253 g/mol. The van der Waals surface area contributed by atoms with Crippen LogP contribution in [-0.4, -0.2) is 17.2 Å². The molecule has 2 N–H and O–H groups in total. The summed E-state index contributed by atoms with van der Waals surface area (Å²) in [6.45, 7) is 0.301. The number of benzene rings is 2. The fourth-order valence-corrected chi connectivity index (χ4v) is 1.68. The van der Waals surface area contributed by atoms with Gasteiger partial charge < -0.3 is 14.8 Å². The van der Waals surface area contributed by atoms with Gasteiger partial charge in [-0.05, 0) is 17.7 Å². The van der Waals surface area contributed by atoms with Crippen LogP contribution in [-0.2, 0) is 6.61 Å². The van der Waals surface area contributed by atoms with Crippen LogP contribution in [0.5, 0.6) is 5.75 Å². The lowest BCUT2D eigenvalue weighted by Gasteiger charge is -2.11. The summed E-state index contributed by atoms with van der Waals surface area (Å²) in [4.78, 5) is 0. The van der Waals surface area contributed by atoms with Gasteiger partial charge in [-0.3, -0.25) is 0 Å². The second-order valence-corrected chi connectivity index (χ2v) is 4.01. The molecule has 0 aliphatic rings. The van der Waals surface area contributed by atoms with Crippen LogP contribution >= 0.6 is 0 Å². The zero-order valence-corrected chi connectivity index (χ0v) is 10.2. The maximum atomic E-state index is 9.26. The van der Waals surface area contributed by atoms with E-state index in [2.05, 4.69) is 0 Å². The van der Waals surface area contributed by atoms with Crippen molar-refractivity contribution in [2.75, 3.05) is 0 Å². The van der Waals surface area contributed by atoms with E-state index in [1.807, 2.05) is 36.4 Å². The molecule has 0 aromatic heterocycles. The first-order chi connectivity index (χ1) is 9.20. The molecule has 4 nitrogen and oxygen atoms in total. The molecule has 5 heteroatoms. The Hall–Kier alpha value is -2.29. The lowest BCUT2D eigenvalue weighted by Crippen LogP contribution is -2.31. The van der Waals surface area contributed by atoms with Gasteiger partial charge in [0.1, 0.15) is 12.4 Å². The van der Waals surface area contributed by atoms with Crippen LogP contribution in [0.15, 0.2) is 48.5 Å². The number of rotatable bonds is 4. The second-order valence-electron chi connectivity index (χ2n) is 4.01. The SMILES string of the molecule is N#Cc1ccc(B(O)O)c(OCc2ccccc2)c1. The Kier molecular flexibility index (Phi) is 4.19. The van der Waals surface area contributed by atoms with Gasteiger partial charge in [0.25, 0.3) is 0 Å². The maximum Gasteiger partial charge on any atom is 0.492 e. The zero-order valence-electron chi connectivity index (χ0n) is 10.2. The molecule has 0 atom stereocenters.